The molecule has 2 aromatic carbocycles. The Morgan fingerprint density at radius 3 is 2.66 bits per heavy atom. The van der Waals surface area contributed by atoms with Gasteiger partial charge in [0.1, 0.15) is 16.4 Å². The molecule has 29 heavy (non-hydrogen) atoms. The molecule has 0 amide bonds. The number of ether oxygens (including phenoxy) is 2. The Balaban J connectivity index is 2.04. The average Bonchev–Trinajstić information content (AvgIpc) is 2.97. The first-order valence-corrected chi connectivity index (χ1v) is 9.77. The number of carbonyl (C=O) groups excluding carboxylic acids is 1. The molecular weight excluding hydrogens is 390 g/mol. The number of phenols is 1. The minimum Gasteiger partial charge on any atom is -0.506 e. The molecule has 0 saturated heterocycles. The Kier molecular flexibility index (Phi) is 6.29. The van der Waals surface area contributed by atoms with Crippen LogP contribution in [0.5, 0.6) is 11.5 Å². The molecule has 150 valence electrons. The van der Waals surface area contributed by atoms with Gasteiger partial charge in [-0.05, 0) is 55.3 Å². The van der Waals surface area contributed by atoms with Crippen molar-refractivity contribution in [1.82, 2.24) is 0 Å². The Labute approximate surface area is 173 Å². The summed E-state index contributed by atoms with van der Waals surface area (Å²) in [6.45, 7) is 3.84. The number of thioether (sulfide) groups is 1. The van der Waals surface area contributed by atoms with Gasteiger partial charge in [0.25, 0.3) is 0 Å². The highest BCUT2D eigenvalue weighted by atomic mass is 32.2. The summed E-state index contributed by atoms with van der Waals surface area (Å²) in [5.41, 5.74) is 2.37. The molecule has 3 rings (SSSR count). The van der Waals surface area contributed by atoms with Crippen molar-refractivity contribution in [3.8, 4) is 11.5 Å². The number of aromatic hydroxyl groups is 1. The van der Waals surface area contributed by atoms with E-state index in [4.69, 9.17) is 9.47 Å². The molecule has 2 aromatic rings. The van der Waals surface area contributed by atoms with Gasteiger partial charge in [-0.25, -0.2) is 9.79 Å². The molecule has 0 atom stereocenters. The summed E-state index contributed by atoms with van der Waals surface area (Å²) < 4.78 is 10.1. The summed E-state index contributed by atoms with van der Waals surface area (Å²) >= 11 is 1.17. The van der Waals surface area contributed by atoms with Crippen LogP contribution in [0.15, 0.2) is 63.7 Å². The monoisotopic (exact) mass is 411 g/mol. The van der Waals surface area contributed by atoms with Crippen LogP contribution in [0.25, 0.3) is 6.08 Å². The fourth-order valence-electron chi connectivity index (χ4n) is 2.75. The van der Waals surface area contributed by atoms with Crippen LogP contribution in [0, 0.1) is 6.92 Å². The van der Waals surface area contributed by atoms with Gasteiger partial charge in [-0.3, -0.25) is 0 Å². The fourth-order valence-corrected chi connectivity index (χ4v) is 3.79. The maximum atomic E-state index is 12.4. The number of esters is 1. The molecule has 7 heteroatoms. The van der Waals surface area contributed by atoms with E-state index in [1.165, 1.54) is 24.9 Å². The molecular formula is C22H21NO5S. The second-order valence-corrected chi connectivity index (χ2v) is 7.27. The molecule has 0 aliphatic carbocycles. The van der Waals surface area contributed by atoms with Gasteiger partial charge < -0.3 is 19.7 Å². The highest BCUT2D eigenvalue weighted by Gasteiger charge is 2.33. The maximum Gasteiger partial charge on any atom is 0.344 e. The van der Waals surface area contributed by atoms with Gasteiger partial charge >= 0.3 is 5.97 Å². The van der Waals surface area contributed by atoms with Crippen LogP contribution < -0.4 is 4.74 Å². The lowest BCUT2D eigenvalue weighted by Gasteiger charge is -2.04. The van der Waals surface area contributed by atoms with Crippen molar-refractivity contribution in [1.29, 1.82) is 0 Å². The summed E-state index contributed by atoms with van der Waals surface area (Å²) in [5.74, 6) is -0.507. The molecule has 2 N–H and O–H groups in total. The van der Waals surface area contributed by atoms with E-state index >= 15 is 0 Å². The number of aliphatic imine (C=N–C) groups is 1. The van der Waals surface area contributed by atoms with Gasteiger partial charge in [-0.15, -0.1) is 0 Å². The number of rotatable bonds is 5. The molecule has 0 bridgehead atoms. The summed E-state index contributed by atoms with van der Waals surface area (Å²) in [6.07, 6.45) is 1.66. The van der Waals surface area contributed by atoms with Crippen molar-refractivity contribution in [2.24, 2.45) is 4.99 Å². The average molecular weight is 411 g/mol. The number of benzene rings is 2. The molecule has 1 aliphatic heterocycles. The standard InChI is InChI=1S/C22H21NO5S/c1-4-28-22(26)19-20(25)18(12-14-8-9-17(27-3)16(24)11-14)29-21(19)23-15-7-5-6-13(2)10-15/h5-12,24-25H,4H2,1-3H3/b18-12+,23-21?. The Bertz CT molecular complexity index is 1040. The Morgan fingerprint density at radius 2 is 2.00 bits per heavy atom. The number of aliphatic hydroxyl groups excluding tert-OH is 1. The van der Waals surface area contributed by atoms with Crippen LogP contribution in [-0.2, 0) is 9.53 Å². The lowest BCUT2D eigenvalue weighted by molar-refractivity contribution is -0.138. The summed E-state index contributed by atoms with van der Waals surface area (Å²) in [5, 5.41) is 21.0. The zero-order valence-electron chi connectivity index (χ0n) is 16.3. The minimum atomic E-state index is -0.634. The quantitative estimate of drug-likeness (QED) is 0.680. The number of nitrogens with zero attached hydrogens (tertiary/aromatic N) is 1. The predicted molar refractivity (Wildman–Crippen MR) is 115 cm³/mol. The molecule has 0 fully saturated rings. The number of hydrogen-bond acceptors (Lipinski definition) is 7. The number of methoxy groups -OCH3 is 1. The third-order valence-electron chi connectivity index (χ3n) is 4.10. The Morgan fingerprint density at radius 1 is 1.21 bits per heavy atom. The summed E-state index contributed by atoms with van der Waals surface area (Å²) in [6, 6.07) is 12.4. The normalized spacial score (nSPS) is 16.5. The third kappa shape index (κ3) is 4.63. The highest BCUT2D eigenvalue weighted by molar-refractivity contribution is 8.18. The molecule has 0 aromatic heterocycles. The number of phenolic OH excluding ortho intramolecular Hbond substituents is 1. The van der Waals surface area contributed by atoms with Crippen molar-refractivity contribution in [2.45, 2.75) is 13.8 Å². The zero-order valence-corrected chi connectivity index (χ0v) is 17.1. The molecule has 0 unspecified atom stereocenters. The number of aliphatic hydroxyl groups is 1. The van der Waals surface area contributed by atoms with Crippen molar-refractivity contribution >= 4 is 34.5 Å². The molecule has 0 saturated carbocycles. The van der Waals surface area contributed by atoms with E-state index in [1.54, 1.807) is 25.1 Å². The topological polar surface area (TPSA) is 88.4 Å². The van der Waals surface area contributed by atoms with E-state index in [2.05, 4.69) is 4.99 Å². The predicted octanol–water partition coefficient (Wildman–Crippen LogP) is 4.90. The molecule has 6 nitrogen and oxygen atoms in total. The van der Waals surface area contributed by atoms with Crippen molar-refractivity contribution in [3.63, 3.8) is 0 Å². The summed E-state index contributed by atoms with van der Waals surface area (Å²) in [4.78, 5) is 17.4. The molecule has 1 heterocycles. The number of carbonyl (C=O) groups is 1. The van der Waals surface area contributed by atoms with Crippen LogP contribution in [0.2, 0.25) is 0 Å². The van der Waals surface area contributed by atoms with Crippen LogP contribution >= 0.6 is 11.8 Å². The van der Waals surface area contributed by atoms with E-state index in [0.717, 1.165) is 5.56 Å². The zero-order chi connectivity index (χ0) is 21.0. The van der Waals surface area contributed by atoms with Crippen molar-refractivity contribution in [2.75, 3.05) is 13.7 Å². The number of hydrogen-bond donors (Lipinski definition) is 2. The smallest absolute Gasteiger partial charge is 0.344 e. The van der Waals surface area contributed by atoms with E-state index in [-0.39, 0.29) is 23.7 Å². The van der Waals surface area contributed by atoms with Gasteiger partial charge in [0, 0.05) is 0 Å². The first kappa shape index (κ1) is 20.5. The van der Waals surface area contributed by atoms with E-state index in [0.29, 0.717) is 26.9 Å². The molecule has 0 radical (unpaired) electrons. The fraction of sp³-hybridized carbons (Fsp3) is 0.182. The lowest BCUT2D eigenvalue weighted by atomic mass is 10.1. The van der Waals surface area contributed by atoms with Gasteiger partial charge in [-0.2, -0.15) is 0 Å². The second-order valence-electron chi connectivity index (χ2n) is 6.24. The van der Waals surface area contributed by atoms with Crippen LogP contribution in [0.4, 0.5) is 5.69 Å². The van der Waals surface area contributed by atoms with E-state index in [1.807, 2.05) is 31.2 Å². The maximum absolute atomic E-state index is 12.4. The van der Waals surface area contributed by atoms with E-state index in [9.17, 15) is 15.0 Å². The minimum absolute atomic E-state index is 0.0208. The first-order valence-electron chi connectivity index (χ1n) is 8.96. The van der Waals surface area contributed by atoms with Gasteiger partial charge in [-0.1, -0.05) is 30.0 Å². The SMILES string of the molecule is CCOC(=O)C1=C(O)/C(=C\c2ccc(OC)c(O)c2)SC1=Nc1cccc(C)c1. The van der Waals surface area contributed by atoms with Gasteiger partial charge in [0.15, 0.2) is 11.5 Å². The van der Waals surface area contributed by atoms with Gasteiger partial charge in [0.2, 0.25) is 0 Å². The molecule has 0 spiro atoms. The van der Waals surface area contributed by atoms with Crippen LogP contribution in [0.3, 0.4) is 0 Å². The first-order chi connectivity index (χ1) is 13.9. The van der Waals surface area contributed by atoms with Crippen molar-refractivity contribution < 1.29 is 24.5 Å². The number of aryl methyl sites for hydroxylation is 1. The van der Waals surface area contributed by atoms with Crippen molar-refractivity contribution in [3.05, 3.63) is 69.8 Å². The largest absolute Gasteiger partial charge is 0.506 e. The van der Waals surface area contributed by atoms with Gasteiger partial charge in [0.05, 0.1) is 24.3 Å². The lowest BCUT2D eigenvalue weighted by Crippen LogP contribution is -2.12. The van der Waals surface area contributed by atoms with Crippen LogP contribution in [-0.4, -0.2) is 34.9 Å². The second kappa shape index (κ2) is 8.87. The third-order valence-corrected chi connectivity index (χ3v) is 5.12. The van der Waals surface area contributed by atoms with Crippen LogP contribution in [0.1, 0.15) is 18.1 Å². The highest BCUT2D eigenvalue weighted by Crippen LogP contribution is 2.41. The molecule has 1 aliphatic rings. The van der Waals surface area contributed by atoms with E-state index < -0.39 is 5.97 Å². The summed E-state index contributed by atoms with van der Waals surface area (Å²) in [7, 11) is 1.47. The Hall–Kier alpha value is -3.19.